The minimum Gasteiger partial charge on any atom is -0.384 e. The number of hydrogen-bond donors (Lipinski definition) is 3. The fourth-order valence-corrected chi connectivity index (χ4v) is 2.92. The summed E-state index contributed by atoms with van der Waals surface area (Å²) >= 11 is 1.69. The molecule has 118 valence electrons. The van der Waals surface area contributed by atoms with Crippen LogP contribution in [0.1, 0.15) is 30.2 Å². The third kappa shape index (κ3) is 4.58. The molecule has 22 heavy (non-hydrogen) atoms. The highest BCUT2D eigenvalue weighted by atomic mass is 32.1. The predicted octanol–water partition coefficient (Wildman–Crippen LogP) is 3.06. The number of rotatable bonds is 6. The van der Waals surface area contributed by atoms with Gasteiger partial charge >= 0.3 is 6.03 Å². The summed E-state index contributed by atoms with van der Waals surface area (Å²) in [7, 11) is 0. The maximum absolute atomic E-state index is 11.9. The number of amides is 2. The van der Waals surface area contributed by atoms with Gasteiger partial charge in [0.2, 0.25) is 0 Å². The van der Waals surface area contributed by atoms with Crippen LogP contribution in [0.4, 0.5) is 4.79 Å². The van der Waals surface area contributed by atoms with E-state index in [2.05, 4.69) is 23.6 Å². The zero-order chi connectivity index (χ0) is 16.0. The lowest BCUT2D eigenvalue weighted by Gasteiger charge is -2.24. The molecule has 0 fully saturated rings. The fourth-order valence-electron chi connectivity index (χ4n) is 2.13. The summed E-state index contributed by atoms with van der Waals surface area (Å²) in [6.07, 6.45) is 0. The van der Waals surface area contributed by atoms with Crippen LogP contribution in [-0.2, 0) is 5.60 Å². The molecule has 0 bridgehead atoms. The van der Waals surface area contributed by atoms with Gasteiger partial charge in [0.25, 0.3) is 0 Å². The summed E-state index contributed by atoms with van der Waals surface area (Å²) in [5.74, 6) is 0.278. The van der Waals surface area contributed by atoms with Gasteiger partial charge in [-0.05, 0) is 23.9 Å². The molecule has 0 saturated carbocycles. The number of aliphatic hydroxyl groups is 1. The van der Waals surface area contributed by atoms with Crippen molar-refractivity contribution in [1.29, 1.82) is 0 Å². The Balaban J connectivity index is 1.78. The summed E-state index contributed by atoms with van der Waals surface area (Å²) < 4.78 is 0. The van der Waals surface area contributed by atoms with Gasteiger partial charge in [-0.25, -0.2) is 4.79 Å². The molecule has 3 N–H and O–H groups in total. The Hall–Kier alpha value is -1.85. The molecule has 5 heteroatoms. The lowest BCUT2D eigenvalue weighted by Crippen LogP contribution is -2.44. The van der Waals surface area contributed by atoms with Crippen molar-refractivity contribution >= 4 is 17.4 Å². The monoisotopic (exact) mass is 318 g/mol. The zero-order valence-electron chi connectivity index (χ0n) is 12.9. The number of hydrogen-bond acceptors (Lipinski definition) is 3. The lowest BCUT2D eigenvalue weighted by molar-refractivity contribution is 0.0594. The van der Waals surface area contributed by atoms with Gasteiger partial charge in [-0.1, -0.05) is 43.3 Å². The Bertz CT molecular complexity index is 582. The van der Waals surface area contributed by atoms with Crippen molar-refractivity contribution in [3.63, 3.8) is 0 Å². The number of benzene rings is 1. The number of thiophene rings is 1. The SMILES string of the molecule is CC(CNC(=O)NCC(C)(O)c1ccccc1)c1cccs1. The number of nitrogens with one attached hydrogen (secondary N) is 2. The van der Waals surface area contributed by atoms with Gasteiger partial charge in [-0.2, -0.15) is 0 Å². The van der Waals surface area contributed by atoms with Crippen LogP contribution in [0.2, 0.25) is 0 Å². The van der Waals surface area contributed by atoms with Crippen molar-refractivity contribution in [2.24, 2.45) is 0 Å². The molecule has 2 rings (SSSR count). The molecule has 2 amide bonds. The Morgan fingerprint density at radius 2 is 1.95 bits per heavy atom. The molecule has 0 spiro atoms. The van der Waals surface area contributed by atoms with E-state index in [0.717, 1.165) is 5.56 Å². The third-order valence-electron chi connectivity index (χ3n) is 3.59. The second kappa shape index (κ2) is 7.42. The molecule has 1 heterocycles. The van der Waals surface area contributed by atoms with Gasteiger partial charge < -0.3 is 15.7 Å². The number of carbonyl (C=O) groups excluding carboxylic acids is 1. The van der Waals surface area contributed by atoms with E-state index in [1.807, 2.05) is 41.8 Å². The summed E-state index contributed by atoms with van der Waals surface area (Å²) in [6.45, 7) is 4.50. The van der Waals surface area contributed by atoms with Gasteiger partial charge in [0.05, 0.1) is 6.54 Å². The number of carbonyl (C=O) groups is 1. The molecule has 4 nitrogen and oxygen atoms in total. The first-order valence-corrected chi connectivity index (χ1v) is 8.20. The van der Waals surface area contributed by atoms with Crippen molar-refractivity contribution in [2.75, 3.05) is 13.1 Å². The molecule has 1 aromatic heterocycles. The molecule has 0 aliphatic rings. The minimum absolute atomic E-state index is 0.163. The molecule has 1 aromatic carbocycles. The van der Waals surface area contributed by atoms with E-state index < -0.39 is 5.60 Å². The molecular formula is C17H22N2O2S. The van der Waals surface area contributed by atoms with E-state index in [1.54, 1.807) is 18.3 Å². The van der Waals surface area contributed by atoms with E-state index in [9.17, 15) is 9.90 Å². The highest BCUT2D eigenvalue weighted by Crippen LogP contribution is 2.20. The molecule has 0 aliphatic carbocycles. The molecular weight excluding hydrogens is 296 g/mol. The minimum atomic E-state index is -1.09. The average molecular weight is 318 g/mol. The van der Waals surface area contributed by atoms with Crippen molar-refractivity contribution in [3.8, 4) is 0 Å². The molecule has 0 radical (unpaired) electrons. The summed E-state index contributed by atoms with van der Waals surface area (Å²) in [5, 5.41) is 18.0. The van der Waals surface area contributed by atoms with Crippen LogP contribution in [0.5, 0.6) is 0 Å². The van der Waals surface area contributed by atoms with Crippen LogP contribution in [0.15, 0.2) is 47.8 Å². The molecule has 0 aliphatic heterocycles. The van der Waals surface area contributed by atoms with Crippen LogP contribution < -0.4 is 10.6 Å². The maximum Gasteiger partial charge on any atom is 0.314 e. The first-order valence-electron chi connectivity index (χ1n) is 7.32. The summed E-state index contributed by atoms with van der Waals surface area (Å²) in [6, 6.07) is 13.1. The van der Waals surface area contributed by atoms with E-state index >= 15 is 0 Å². The van der Waals surface area contributed by atoms with Crippen LogP contribution in [0.25, 0.3) is 0 Å². The summed E-state index contributed by atoms with van der Waals surface area (Å²) in [4.78, 5) is 13.1. The zero-order valence-corrected chi connectivity index (χ0v) is 13.7. The Labute approximate surface area is 135 Å². The molecule has 2 aromatic rings. The third-order valence-corrected chi connectivity index (χ3v) is 4.69. The fraction of sp³-hybridized carbons (Fsp3) is 0.353. The normalized spacial score (nSPS) is 14.9. The number of urea groups is 1. The van der Waals surface area contributed by atoms with E-state index in [1.165, 1.54) is 4.88 Å². The standard InChI is InChI=1S/C17H22N2O2S/c1-13(15-9-6-10-22-15)11-18-16(20)19-12-17(2,21)14-7-4-3-5-8-14/h3-10,13,21H,11-12H2,1-2H3,(H2,18,19,20). The Kier molecular flexibility index (Phi) is 5.57. The Morgan fingerprint density at radius 1 is 1.23 bits per heavy atom. The van der Waals surface area contributed by atoms with Gasteiger partial charge in [0, 0.05) is 17.3 Å². The first-order chi connectivity index (χ1) is 10.5. The van der Waals surface area contributed by atoms with Crippen molar-refractivity contribution in [1.82, 2.24) is 10.6 Å². The van der Waals surface area contributed by atoms with Crippen LogP contribution >= 0.6 is 11.3 Å². The molecule has 2 unspecified atom stereocenters. The van der Waals surface area contributed by atoms with E-state index in [-0.39, 0.29) is 18.5 Å². The van der Waals surface area contributed by atoms with Gasteiger partial charge in [-0.3, -0.25) is 0 Å². The van der Waals surface area contributed by atoms with Crippen molar-refractivity contribution in [3.05, 3.63) is 58.3 Å². The second-order valence-corrected chi connectivity index (χ2v) is 6.60. The van der Waals surface area contributed by atoms with E-state index in [0.29, 0.717) is 6.54 Å². The predicted molar refractivity (Wildman–Crippen MR) is 90.1 cm³/mol. The van der Waals surface area contributed by atoms with Crippen LogP contribution in [0, 0.1) is 0 Å². The van der Waals surface area contributed by atoms with Gasteiger partial charge in [0.1, 0.15) is 5.60 Å². The quantitative estimate of drug-likeness (QED) is 0.766. The van der Waals surface area contributed by atoms with Gasteiger partial charge in [-0.15, -0.1) is 11.3 Å². The van der Waals surface area contributed by atoms with Crippen molar-refractivity contribution < 1.29 is 9.90 Å². The van der Waals surface area contributed by atoms with Crippen molar-refractivity contribution in [2.45, 2.75) is 25.4 Å². The smallest absolute Gasteiger partial charge is 0.314 e. The highest BCUT2D eigenvalue weighted by molar-refractivity contribution is 7.10. The largest absolute Gasteiger partial charge is 0.384 e. The second-order valence-electron chi connectivity index (χ2n) is 5.62. The summed E-state index contributed by atoms with van der Waals surface area (Å²) in [5.41, 5.74) is -0.305. The average Bonchev–Trinajstić information content (AvgIpc) is 3.06. The topological polar surface area (TPSA) is 61.4 Å². The maximum atomic E-state index is 11.9. The first kappa shape index (κ1) is 16.5. The van der Waals surface area contributed by atoms with Crippen LogP contribution in [-0.4, -0.2) is 24.2 Å². The molecule has 0 saturated heterocycles. The van der Waals surface area contributed by atoms with Crippen LogP contribution in [0.3, 0.4) is 0 Å². The molecule has 2 atom stereocenters. The van der Waals surface area contributed by atoms with Gasteiger partial charge in [0.15, 0.2) is 0 Å². The lowest BCUT2D eigenvalue weighted by atomic mass is 9.96. The highest BCUT2D eigenvalue weighted by Gasteiger charge is 2.23. The van der Waals surface area contributed by atoms with E-state index in [4.69, 9.17) is 0 Å². The Morgan fingerprint density at radius 3 is 2.59 bits per heavy atom.